The molecule has 1 saturated carbocycles. The fourth-order valence-corrected chi connectivity index (χ4v) is 6.26. The number of aromatic nitrogens is 3. The number of halogens is 1. The quantitative estimate of drug-likeness (QED) is 0.509. The van der Waals surface area contributed by atoms with Crippen molar-refractivity contribution >= 4 is 28.9 Å². The Hall–Kier alpha value is -2.97. The van der Waals surface area contributed by atoms with Gasteiger partial charge in [-0.15, -0.1) is 0 Å². The molecular formula is C27H30ClN5O3. The summed E-state index contributed by atoms with van der Waals surface area (Å²) < 4.78 is 8.11. The van der Waals surface area contributed by atoms with Crippen LogP contribution in [-0.2, 0) is 16.1 Å². The van der Waals surface area contributed by atoms with E-state index in [0.717, 1.165) is 53.9 Å². The van der Waals surface area contributed by atoms with Crippen molar-refractivity contribution in [2.24, 2.45) is 23.2 Å². The van der Waals surface area contributed by atoms with Crippen molar-refractivity contribution in [1.82, 2.24) is 24.8 Å². The molecule has 2 saturated heterocycles. The first-order chi connectivity index (χ1) is 17.3. The van der Waals surface area contributed by atoms with Gasteiger partial charge in [-0.1, -0.05) is 25.4 Å². The number of nitrogens with one attached hydrogen (secondary N) is 1. The van der Waals surface area contributed by atoms with Crippen molar-refractivity contribution in [3.05, 3.63) is 46.9 Å². The zero-order valence-corrected chi connectivity index (χ0v) is 21.5. The lowest BCUT2D eigenvalue weighted by Gasteiger charge is -2.24. The van der Waals surface area contributed by atoms with Crippen LogP contribution < -0.4 is 10.1 Å². The largest absolute Gasteiger partial charge is 0.492 e. The van der Waals surface area contributed by atoms with Crippen LogP contribution in [0, 0.1) is 30.1 Å². The SMILES string of the molecule is Cc1cc(Cl)cc(-c2ncnn3cc(CN4C(=O)C5C(C4=O)C5(C)C)cc23)c1OC[C@@H]1CCCNC1. The third-order valence-corrected chi connectivity index (χ3v) is 8.27. The number of ether oxygens (including phenoxy) is 1. The van der Waals surface area contributed by atoms with Gasteiger partial charge < -0.3 is 10.1 Å². The van der Waals surface area contributed by atoms with E-state index in [1.807, 2.05) is 45.2 Å². The zero-order chi connectivity index (χ0) is 25.2. The van der Waals surface area contributed by atoms with Crippen LogP contribution in [0.5, 0.6) is 5.75 Å². The summed E-state index contributed by atoms with van der Waals surface area (Å²) in [6.07, 6.45) is 5.64. The molecule has 3 fully saturated rings. The van der Waals surface area contributed by atoms with Gasteiger partial charge in [-0.05, 0) is 61.1 Å². The monoisotopic (exact) mass is 507 g/mol. The summed E-state index contributed by atoms with van der Waals surface area (Å²) in [5.41, 5.74) is 3.82. The Labute approximate surface area is 215 Å². The number of nitrogens with zero attached hydrogens (tertiary/aromatic N) is 4. The highest BCUT2D eigenvalue weighted by molar-refractivity contribution is 6.31. The van der Waals surface area contributed by atoms with E-state index in [4.69, 9.17) is 16.3 Å². The van der Waals surface area contributed by atoms with Crippen LogP contribution >= 0.6 is 11.6 Å². The van der Waals surface area contributed by atoms with Gasteiger partial charge in [0, 0.05) is 29.2 Å². The maximum absolute atomic E-state index is 12.8. The predicted molar refractivity (Wildman–Crippen MR) is 136 cm³/mol. The molecule has 1 aliphatic carbocycles. The van der Waals surface area contributed by atoms with Crippen molar-refractivity contribution < 1.29 is 14.3 Å². The standard InChI is InChI=1S/C27H30ClN5O3/c1-15-7-18(28)9-19(24(15)36-13-16-5-4-6-29-10-16)23-20-8-17(12-33(20)31-14-30-23)11-32-25(34)21-22(26(32)35)27(21,2)3/h7-9,12,14,16,21-22,29H,4-6,10-11,13H2,1-3H3/t16-,21?,22?/m1/s1. The molecule has 0 radical (unpaired) electrons. The van der Waals surface area contributed by atoms with Crippen LogP contribution in [0.2, 0.25) is 5.02 Å². The molecule has 188 valence electrons. The van der Waals surface area contributed by atoms with Crippen molar-refractivity contribution in [3.63, 3.8) is 0 Å². The second-order valence-electron chi connectivity index (χ2n) is 10.9. The minimum atomic E-state index is -0.219. The number of hydrogen-bond donors (Lipinski definition) is 1. The predicted octanol–water partition coefficient (Wildman–Crippen LogP) is 3.88. The van der Waals surface area contributed by atoms with Gasteiger partial charge in [-0.2, -0.15) is 5.10 Å². The first kappa shape index (κ1) is 23.4. The maximum Gasteiger partial charge on any atom is 0.233 e. The van der Waals surface area contributed by atoms with Crippen LogP contribution in [0.3, 0.4) is 0 Å². The van der Waals surface area contributed by atoms with E-state index in [1.165, 1.54) is 11.2 Å². The molecule has 3 aromatic rings. The molecule has 4 heterocycles. The summed E-state index contributed by atoms with van der Waals surface area (Å²) in [5, 5.41) is 8.42. The van der Waals surface area contributed by atoms with E-state index >= 15 is 0 Å². The number of carbonyl (C=O) groups is 2. The van der Waals surface area contributed by atoms with E-state index in [0.29, 0.717) is 23.2 Å². The van der Waals surface area contributed by atoms with Crippen LogP contribution in [0.25, 0.3) is 16.8 Å². The van der Waals surface area contributed by atoms with Crippen LogP contribution in [0.1, 0.15) is 37.8 Å². The number of rotatable bonds is 6. The molecule has 2 aliphatic heterocycles. The second-order valence-corrected chi connectivity index (χ2v) is 11.4. The average Bonchev–Trinajstić information content (AvgIpc) is 3.10. The second kappa shape index (κ2) is 8.56. The molecule has 2 amide bonds. The fourth-order valence-electron chi connectivity index (χ4n) is 5.98. The molecule has 2 aromatic heterocycles. The Morgan fingerprint density at radius 3 is 2.69 bits per heavy atom. The van der Waals surface area contributed by atoms with Crippen molar-refractivity contribution in [2.45, 2.75) is 40.2 Å². The molecule has 1 N–H and O–H groups in total. The first-order valence-corrected chi connectivity index (χ1v) is 12.9. The van der Waals surface area contributed by atoms with Gasteiger partial charge in [0.25, 0.3) is 0 Å². The Morgan fingerprint density at radius 1 is 1.19 bits per heavy atom. The molecule has 0 spiro atoms. The van der Waals surface area contributed by atoms with Gasteiger partial charge >= 0.3 is 0 Å². The number of amides is 2. The van der Waals surface area contributed by atoms with Crippen molar-refractivity contribution in [3.8, 4) is 17.0 Å². The Balaban J connectivity index is 1.31. The minimum Gasteiger partial charge on any atom is -0.492 e. The van der Waals surface area contributed by atoms with Gasteiger partial charge in [0.15, 0.2) is 0 Å². The third-order valence-electron chi connectivity index (χ3n) is 8.05. The summed E-state index contributed by atoms with van der Waals surface area (Å²) in [6.45, 7) is 8.83. The summed E-state index contributed by atoms with van der Waals surface area (Å²) >= 11 is 6.47. The van der Waals surface area contributed by atoms with Gasteiger partial charge in [-0.25, -0.2) is 9.50 Å². The molecular weight excluding hydrogens is 478 g/mol. The van der Waals surface area contributed by atoms with Gasteiger partial charge in [0.2, 0.25) is 11.8 Å². The van der Waals surface area contributed by atoms with E-state index in [9.17, 15) is 9.59 Å². The first-order valence-electron chi connectivity index (χ1n) is 12.6. The Bertz CT molecular complexity index is 1350. The van der Waals surface area contributed by atoms with E-state index < -0.39 is 0 Å². The van der Waals surface area contributed by atoms with E-state index in [1.54, 1.807) is 4.52 Å². The van der Waals surface area contributed by atoms with Gasteiger partial charge in [-0.3, -0.25) is 14.5 Å². The Kier molecular flexibility index (Phi) is 5.57. The lowest BCUT2D eigenvalue weighted by Crippen LogP contribution is -2.35. The van der Waals surface area contributed by atoms with Crippen LogP contribution in [0.15, 0.2) is 30.7 Å². The fraction of sp³-hybridized carbons (Fsp3) is 0.481. The number of aryl methyl sites for hydroxylation is 1. The molecule has 6 rings (SSSR count). The number of fused-ring (bicyclic) bond motifs is 2. The van der Waals surface area contributed by atoms with Crippen LogP contribution in [-0.4, -0.2) is 51.0 Å². The van der Waals surface area contributed by atoms with Crippen molar-refractivity contribution in [2.75, 3.05) is 19.7 Å². The molecule has 3 aliphatic rings. The number of likely N-dealkylation sites (tertiary alicyclic amines) is 1. The smallest absolute Gasteiger partial charge is 0.233 e. The molecule has 3 atom stereocenters. The summed E-state index contributed by atoms with van der Waals surface area (Å²) in [6, 6.07) is 5.72. The topological polar surface area (TPSA) is 88.8 Å². The average molecular weight is 508 g/mol. The minimum absolute atomic E-state index is 0.0741. The highest BCUT2D eigenvalue weighted by atomic mass is 35.5. The highest BCUT2D eigenvalue weighted by Gasteiger charge is 2.72. The maximum atomic E-state index is 12.8. The molecule has 36 heavy (non-hydrogen) atoms. The third kappa shape index (κ3) is 3.78. The summed E-state index contributed by atoms with van der Waals surface area (Å²) in [5.74, 6) is 0.695. The molecule has 8 nitrogen and oxygen atoms in total. The molecule has 1 aromatic carbocycles. The van der Waals surface area contributed by atoms with Crippen LogP contribution in [0.4, 0.5) is 0 Å². The summed E-state index contributed by atoms with van der Waals surface area (Å²) in [7, 11) is 0. The lowest BCUT2D eigenvalue weighted by molar-refractivity contribution is -0.143. The van der Waals surface area contributed by atoms with Gasteiger partial charge in [0.1, 0.15) is 17.8 Å². The highest BCUT2D eigenvalue weighted by Crippen LogP contribution is 2.63. The summed E-state index contributed by atoms with van der Waals surface area (Å²) in [4.78, 5) is 31.7. The number of hydrogen-bond acceptors (Lipinski definition) is 6. The molecule has 9 heteroatoms. The van der Waals surface area contributed by atoms with Crippen molar-refractivity contribution in [1.29, 1.82) is 0 Å². The Morgan fingerprint density at radius 2 is 1.97 bits per heavy atom. The normalized spacial score (nSPS) is 24.9. The lowest BCUT2D eigenvalue weighted by atomic mass is 10.0. The number of imide groups is 1. The number of benzene rings is 1. The van der Waals surface area contributed by atoms with Gasteiger partial charge in [0.05, 0.1) is 30.5 Å². The number of carbonyl (C=O) groups excluding carboxylic acids is 2. The van der Waals surface area contributed by atoms with E-state index in [2.05, 4.69) is 15.4 Å². The molecule has 0 bridgehead atoms. The zero-order valence-electron chi connectivity index (χ0n) is 20.8. The number of piperidine rings is 2. The molecule has 2 unspecified atom stereocenters. The van der Waals surface area contributed by atoms with E-state index in [-0.39, 0.29) is 35.6 Å².